The van der Waals surface area contributed by atoms with Crippen LogP contribution in [0.4, 0.5) is 23.5 Å². The number of pyridine rings is 1. The molecule has 5 aromatic rings. The monoisotopic (exact) mass is 512 g/mol. The van der Waals surface area contributed by atoms with Gasteiger partial charge in [-0.05, 0) is 30.3 Å². The van der Waals surface area contributed by atoms with Crippen LogP contribution >= 0.6 is 0 Å². The number of hydrogen-bond acceptors (Lipinski definition) is 7. The van der Waals surface area contributed by atoms with Crippen LogP contribution in [0.3, 0.4) is 0 Å². The Hall–Kier alpha value is -4.68. The van der Waals surface area contributed by atoms with Gasteiger partial charge in [0.05, 0.1) is 40.3 Å². The standard InChI is InChI=1S/C24H16F4N6O3/c25-16-7-12(24(26,27)28)5-6-17(16)34-21-14(20-15(22(34)35)10-31-33-20)9-30-23(32-21)29-8-13-11-36-18-3-1-2-4-19(18)37-13/h1-7,9-10,13H,8,11H2,(H,31,33)(H,29,30,32)/t13-/m0/s1. The van der Waals surface area contributed by atoms with Gasteiger partial charge in [-0.15, -0.1) is 0 Å². The number of rotatable bonds is 4. The first-order valence-electron chi connectivity index (χ1n) is 11.0. The molecule has 6 rings (SSSR count). The fourth-order valence-corrected chi connectivity index (χ4v) is 4.13. The third kappa shape index (κ3) is 3.97. The predicted molar refractivity (Wildman–Crippen MR) is 125 cm³/mol. The van der Waals surface area contributed by atoms with Gasteiger partial charge < -0.3 is 14.8 Å². The van der Waals surface area contributed by atoms with Gasteiger partial charge in [0.2, 0.25) is 5.95 Å². The number of fused-ring (bicyclic) bond motifs is 4. The lowest BCUT2D eigenvalue weighted by Crippen LogP contribution is -2.35. The number of hydrogen-bond donors (Lipinski definition) is 2. The summed E-state index contributed by atoms with van der Waals surface area (Å²) in [5.74, 6) is 0.0787. The van der Waals surface area contributed by atoms with E-state index in [1.807, 2.05) is 12.1 Å². The summed E-state index contributed by atoms with van der Waals surface area (Å²) in [7, 11) is 0. The Bertz CT molecular complexity index is 1720. The number of nitrogens with zero attached hydrogens (tertiary/aromatic N) is 4. The second-order valence-electron chi connectivity index (χ2n) is 8.27. The van der Waals surface area contributed by atoms with Gasteiger partial charge in [-0.3, -0.25) is 14.5 Å². The van der Waals surface area contributed by atoms with E-state index in [4.69, 9.17) is 9.47 Å². The van der Waals surface area contributed by atoms with Crippen molar-refractivity contribution in [2.75, 3.05) is 18.5 Å². The molecule has 13 heteroatoms. The number of aromatic nitrogens is 5. The van der Waals surface area contributed by atoms with Crippen molar-refractivity contribution >= 4 is 27.9 Å². The molecule has 1 aliphatic heterocycles. The summed E-state index contributed by atoms with van der Waals surface area (Å²) in [4.78, 5) is 21.9. The number of para-hydroxylation sites is 2. The molecule has 0 unspecified atom stereocenters. The van der Waals surface area contributed by atoms with Crippen LogP contribution in [0.1, 0.15) is 5.56 Å². The second-order valence-corrected chi connectivity index (χ2v) is 8.27. The van der Waals surface area contributed by atoms with Crippen LogP contribution in [0.5, 0.6) is 11.5 Å². The highest BCUT2D eigenvalue weighted by molar-refractivity contribution is 6.02. The molecule has 0 aliphatic carbocycles. The summed E-state index contributed by atoms with van der Waals surface area (Å²) in [6.07, 6.45) is -2.46. The molecule has 1 atom stereocenters. The zero-order valence-electron chi connectivity index (χ0n) is 18.7. The van der Waals surface area contributed by atoms with E-state index in [0.29, 0.717) is 34.5 Å². The molecule has 9 nitrogen and oxygen atoms in total. The highest BCUT2D eigenvalue weighted by Crippen LogP contribution is 2.32. The minimum atomic E-state index is -4.74. The molecule has 0 bridgehead atoms. The molecule has 0 fully saturated rings. The number of benzene rings is 2. The average Bonchev–Trinajstić information content (AvgIpc) is 3.38. The summed E-state index contributed by atoms with van der Waals surface area (Å²) in [5, 5.41) is 10.00. The van der Waals surface area contributed by atoms with Crippen molar-refractivity contribution < 1.29 is 27.0 Å². The molecule has 0 saturated carbocycles. The molecule has 4 heterocycles. The lowest BCUT2D eigenvalue weighted by Gasteiger charge is -2.26. The van der Waals surface area contributed by atoms with Gasteiger partial charge in [0.15, 0.2) is 17.1 Å². The van der Waals surface area contributed by atoms with E-state index in [1.54, 1.807) is 12.1 Å². The summed E-state index contributed by atoms with van der Waals surface area (Å²) >= 11 is 0. The number of anilines is 1. The fourth-order valence-electron chi connectivity index (χ4n) is 4.13. The largest absolute Gasteiger partial charge is 0.486 e. The van der Waals surface area contributed by atoms with Gasteiger partial charge in [-0.2, -0.15) is 23.3 Å². The Morgan fingerprint density at radius 1 is 1.11 bits per heavy atom. The first-order valence-corrected chi connectivity index (χ1v) is 11.0. The number of alkyl halides is 3. The average molecular weight is 512 g/mol. The van der Waals surface area contributed by atoms with Crippen molar-refractivity contribution in [3.05, 3.63) is 76.6 Å². The van der Waals surface area contributed by atoms with E-state index in [9.17, 15) is 22.4 Å². The van der Waals surface area contributed by atoms with E-state index in [-0.39, 0.29) is 36.2 Å². The second kappa shape index (κ2) is 8.47. The first kappa shape index (κ1) is 22.8. The molecular weight excluding hydrogens is 496 g/mol. The van der Waals surface area contributed by atoms with E-state index in [1.165, 1.54) is 12.4 Å². The van der Waals surface area contributed by atoms with Crippen molar-refractivity contribution in [2.45, 2.75) is 12.3 Å². The third-order valence-corrected chi connectivity index (χ3v) is 5.89. The summed E-state index contributed by atoms with van der Waals surface area (Å²) in [5.41, 5.74) is -1.99. The molecule has 0 radical (unpaired) electrons. The first-order chi connectivity index (χ1) is 17.8. The topological polar surface area (TPSA) is 107 Å². The zero-order chi connectivity index (χ0) is 25.7. The summed E-state index contributed by atoms with van der Waals surface area (Å²) in [6.45, 7) is 0.513. The Kier molecular flexibility index (Phi) is 5.21. The van der Waals surface area contributed by atoms with E-state index < -0.39 is 28.8 Å². The molecule has 2 aromatic carbocycles. The maximum Gasteiger partial charge on any atom is 0.416 e. The molecular formula is C24H16F4N6O3. The lowest BCUT2D eigenvalue weighted by atomic mass is 10.1. The van der Waals surface area contributed by atoms with Crippen LogP contribution in [0.25, 0.3) is 27.6 Å². The Morgan fingerprint density at radius 3 is 2.70 bits per heavy atom. The molecule has 0 saturated heterocycles. The van der Waals surface area contributed by atoms with Crippen LogP contribution in [0.2, 0.25) is 0 Å². The van der Waals surface area contributed by atoms with Crippen LogP contribution in [-0.2, 0) is 6.18 Å². The van der Waals surface area contributed by atoms with Gasteiger partial charge in [0.1, 0.15) is 18.5 Å². The van der Waals surface area contributed by atoms with Crippen LogP contribution < -0.4 is 20.3 Å². The summed E-state index contributed by atoms with van der Waals surface area (Å²) < 4.78 is 66.7. The van der Waals surface area contributed by atoms with Crippen molar-refractivity contribution in [3.8, 4) is 17.2 Å². The Balaban J connectivity index is 1.40. The Morgan fingerprint density at radius 2 is 1.92 bits per heavy atom. The van der Waals surface area contributed by atoms with Crippen LogP contribution in [0, 0.1) is 5.82 Å². The molecule has 0 amide bonds. The van der Waals surface area contributed by atoms with Gasteiger partial charge in [-0.25, -0.2) is 9.37 Å². The van der Waals surface area contributed by atoms with E-state index in [0.717, 1.165) is 10.6 Å². The van der Waals surface area contributed by atoms with Crippen molar-refractivity contribution in [3.63, 3.8) is 0 Å². The number of ether oxygens (including phenoxy) is 2. The maximum atomic E-state index is 14.9. The van der Waals surface area contributed by atoms with Gasteiger partial charge in [-0.1, -0.05) is 12.1 Å². The normalized spacial score (nSPS) is 15.3. The minimum Gasteiger partial charge on any atom is -0.486 e. The van der Waals surface area contributed by atoms with Gasteiger partial charge in [0, 0.05) is 6.20 Å². The number of H-pyrrole nitrogens is 1. The third-order valence-electron chi connectivity index (χ3n) is 5.89. The smallest absolute Gasteiger partial charge is 0.416 e. The molecule has 37 heavy (non-hydrogen) atoms. The quantitative estimate of drug-likeness (QED) is 0.350. The number of nitrogens with one attached hydrogen (secondary N) is 2. The van der Waals surface area contributed by atoms with Gasteiger partial charge >= 0.3 is 6.18 Å². The fraction of sp³-hybridized carbons (Fsp3) is 0.167. The van der Waals surface area contributed by atoms with Crippen molar-refractivity contribution in [1.29, 1.82) is 0 Å². The summed E-state index contributed by atoms with van der Waals surface area (Å²) in [6, 6.07) is 9.16. The molecule has 3 aromatic heterocycles. The SMILES string of the molecule is O=c1c2cn[nH]c2c2cnc(NC[C@H]3COc4ccccc4O3)nc2n1-c1ccc(C(F)(F)F)cc1F. The van der Waals surface area contributed by atoms with Crippen LogP contribution in [0.15, 0.2) is 59.7 Å². The maximum absolute atomic E-state index is 14.9. The van der Waals surface area contributed by atoms with Gasteiger partial charge in [0.25, 0.3) is 5.56 Å². The zero-order valence-corrected chi connectivity index (χ0v) is 18.7. The molecule has 1 aliphatic rings. The van der Waals surface area contributed by atoms with Crippen LogP contribution in [-0.4, -0.2) is 44.0 Å². The van der Waals surface area contributed by atoms with E-state index in [2.05, 4.69) is 25.5 Å². The lowest BCUT2D eigenvalue weighted by molar-refractivity contribution is -0.137. The van der Waals surface area contributed by atoms with Crippen molar-refractivity contribution in [2.24, 2.45) is 0 Å². The molecule has 188 valence electrons. The number of aromatic amines is 1. The Labute approximate surface area is 204 Å². The van der Waals surface area contributed by atoms with Crippen molar-refractivity contribution in [1.82, 2.24) is 24.7 Å². The van der Waals surface area contributed by atoms with E-state index >= 15 is 0 Å². The highest BCUT2D eigenvalue weighted by atomic mass is 19.4. The predicted octanol–water partition coefficient (Wildman–Crippen LogP) is 4.07. The molecule has 2 N–H and O–H groups in total. The highest BCUT2D eigenvalue weighted by Gasteiger charge is 2.32. The minimum absolute atomic E-state index is 0.0240. The molecule has 0 spiro atoms. The number of halogens is 4.